The Morgan fingerprint density at radius 2 is 1.94 bits per heavy atom. The topological polar surface area (TPSA) is 81.4 Å². The number of ether oxygens (including phenoxy) is 1. The highest BCUT2D eigenvalue weighted by Crippen LogP contribution is 2.15. The van der Waals surface area contributed by atoms with Gasteiger partial charge in [-0.15, -0.1) is 0 Å². The monoisotopic (exact) mass is 272 g/mol. The maximum absolute atomic E-state index is 12.0. The van der Waals surface area contributed by atoms with Crippen LogP contribution in [0.1, 0.15) is 13.3 Å². The molecule has 0 saturated carbocycles. The lowest BCUT2D eigenvalue weighted by molar-refractivity contribution is 0.414. The molecule has 0 fully saturated rings. The number of hydrogen-bond acceptors (Lipinski definition) is 4. The van der Waals surface area contributed by atoms with E-state index in [0.29, 0.717) is 18.8 Å². The third-order valence-electron chi connectivity index (χ3n) is 2.65. The number of benzene rings is 1. The van der Waals surface area contributed by atoms with Gasteiger partial charge in [0.05, 0.1) is 12.0 Å². The van der Waals surface area contributed by atoms with Crippen LogP contribution in [0.5, 0.6) is 5.75 Å². The fourth-order valence-corrected chi connectivity index (χ4v) is 2.64. The van der Waals surface area contributed by atoms with E-state index in [1.807, 2.05) is 6.92 Å². The van der Waals surface area contributed by atoms with Crippen molar-refractivity contribution >= 4 is 10.0 Å². The summed E-state index contributed by atoms with van der Waals surface area (Å²) in [5.41, 5.74) is 5.42. The summed E-state index contributed by atoms with van der Waals surface area (Å²) in [7, 11) is -1.91. The molecule has 0 aliphatic rings. The third kappa shape index (κ3) is 4.29. The van der Waals surface area contributed by atoms with Crippen molar-refractivity contribution < 1.29 is 13.2 Å². The molecule has 1 atom stereocenters. The van der Waals surface area contributed by atoms with Gasteiger partial charge in [0.25, 0.3) is 0 Å². The zero-order chi connectivity index (χ0) is 13.6. The molecule has 0 aliphatic heterocycles. The first-order valence-electron chi connectivity index (χ1n) is 5.83. The Hall–Kier alpha value is -1.11. The van der Waals surface area contributed by atoms with Crippen molar-refractivity contribution in [1.82, 2.24) is 4.72 Å². The van der Waals surface area contributed by atoms with Gasteiger partial charge in [0.2, 0.25) is 10.0 Å². The fraction of sp³-hybridized carbons (Fsp3) is 0.500. The van der Waals surface area contributed by atoms with Gasteiger partial charge in [-0.1, -0.05) is 6.92 Å². The lowest BCUT2D eigenvalue weighted by Gasteiger charge is -2.12. The lowest BCUT2D eigenvalue weighted by atomic mass is 10.1. The Morgan fingerprint density at radius 3 is 2.44 bits per heavy atom. The van der Waals surface area contributed by atoms with Crippen LogP contribution in [0.2, 0.25) is 0 Å². The van der Waals surface area contributed by atoms with E-state index >= 15 is 0 Å². The quantitative estimate of drug-likeness (QED) is 0.774. The molecule has 18 heavy (non-hydrogen) atoms. The number of methoxy groups -OCH3 is 1. The van der Waals surface area contributed by atoms with Crippen molar-refractivity contribution in [3.8, 4) is 5.75 Å². The minimum atomic E-state index is -3.45. The Morgan fingerprint density at radius 1 is 1.33 bits per heavy atom. The number of nitrogens with two attached hydrogens (primary N) is 1. The summed E-state index contributed by atoms with van der Waals surface area (Å²) < 4.78 is 31.5. The van der Waals surface area contributed by atoms with E-state index in [1.54, 1.807) is 12.1 Å². The van der Waals surface area contributed by atoms with Crippen LogP contribution in [0, 0.1) is 5.92 Å². The first-order valence-corrected chi connectivity index (χ1v) is 7.31. The normalized spacial score (nSPS) is 13.3. The van der Waals surface area contributed by atoms with E-state index in [1.165, 1.54) is 19.2 Å². The molecule has 0 saturated heterocycles. The lowest BCUT2D eigenvalue weighted by Crippen LogP contribution is -2.29. The van der Waals surface area contributed by atoms with Crippen LogP contribution in [-0.4, -0.2) is 28.6 Å². The van der Waals surface area contributed by atoms with Crippen LogP contribution >= 0.6 is 0 Å². The minimum Gasteiger partial charge on any atom is -0.497 e. The van der Waals surface area contributed by atoms with Gasteiger partial charge in [0.1, 0.15) is 5.75 Å². The predicted octanol–water partition coefficient (Wildman–Crippen LogP) is 0.958. The second kappa shape index (κ2) is 6.72. The Kier molecular flexibility index (Phi) is 5.58. The number of sulfonamides is 1. The minimum absolute atomic E-state index is 0.225. The van der Waals surface area contributed by atoms with Crippen LogP contribution in [0.3, 0.4) is 0 Å². The van der Waals surface area contributed by atoms with Crippen LogP contribution < -0.4 is 15.2 Å². The molecule has 1 aromatic rings. The summed E-state index contributed by atoms with van der Waals surface area (Å²) >= 11 is 0. The molecule has 3 N–H and O–H groups in total. The molecule has 5 nitrogen and oxygen atoms in total. The largest absolute Gasteiger partial charge is 0.497 e. The Bertz CT molecular complexity index is 457. The van der Waals surface area contributed by atoms with Gasteiger partial charge in [0, 0.05) is 6.54 Å². The number of hydrogen-bond donors (Lipinski definition) is 2. The summed E-state index contributed by atoms with van der Waals surface area (Å²) in [5, 5.41) is 0. The first-order chi connectivity index (χ1) is 8.49. The van der Waals surface area contributed by atoms with E-state index in [2.05, 4.69) is 4.72 Å². The average Bonchev–Trinajstić information content (AvgIpc) is 2.37. The number of nitrogens with one attached hydrogen (secondary N) is 1. The maximum atomic E-state index is 12.0. The maximum Gasteiger partial charge on any atom is 0.240 e. The molecule has 102 valence electrons. The summed E-state index contributed by atoms with van der Waals surface area (Å²) in [6, 6.07) is 6.29. The van der Waals surface area contributed by atoms with Crippen LogP contribution in [0.25, 0.3) is 0 Å². The van der Waals surface area contributed by atoms with Crippen molar-refractivity contribution in [2.45, 2.75) is 18.2 Å². The Balaban J connectivity index is 2.67. The molecule has 0 amide bonds. The SMILES string of the molecule is COc1ccc(S(=O)(=O)NCC(C)CCN)cc1. The van der Waals surface area contributed by atoms with Crippen molar-refractivity contribution in [2.75, 3.05) is 20.2 Å². The molecule has 0 heterocycles. The second-order valence-electron chi connectivity index (χ2n) is 4.21. The first kappa shape index (κ1) is 14.9. The molecule has 1 aromatic carbocycles. The molecule has 0 aromatic heterocycles. The zero-order valence-corrected chi connectivity index (χ0v) is 11.5. The predicted molar refractivity (Wildman–Crippen MR) is 71.0 cm³/mol. The molecule has 0 aliphatic carbocycles. The van der Waals surface area contributed by atoms with E-state index in [9.17, 15) is 8.42 Å². The van der Waals surface area contributed by atoms with Gasteiger partial charge in [0.15, 0.2) is 0 Å². The molecular formula is C12H20N2O3S. The number of rotatable bonds is 7. The zero-order valence-electron chi connectivity index (χ0n) is 10.7. The van der Waals surface area contributed by atoms with Crippen LogP contribution in [0.15, 0.2) is 29.2 Å². The highest BCUT2D eigenvalue weighted by Gasteiger charge is 2.14. The third-order valence-corrected chi connectivity index (χ3v) is 4.09. The summed E-state index contributed by atoms with van der Waals surface area (Å²) in [6.45, 7) is 2.92. The van der Waals surface area contributed by atoms with Crippen LogP contribution in [0.4, 0.5) is 0 Å². The van der Waals surface area contributed by atoms with Crippen molar-refractivity contribution in [3.63, 3.8) is 0 Å². The average molecular weight is 272 g/mol. The van der Waals surface area contributed by atoms with Gasteiger partial charge in [-0.05, 0) is 43.1 Å². The molecule has 1 unspecified atom stereocenters. The molecule has 6 heteroatoms. The van der Waals surface area contributed by atoms with Crippen molar-refractivity contribution in [1.29, 1.82) is 0 Å². The molecule has 1 rings (SSSR count). The molecule has 0 spiro atoms. The highest BCUT2D eigenvalue weighted by atomic mass is 32.2. The molecule has 0 radical (unpaired) electrons. The van der Waals surface area contributed by atoms with Gasteiger partial charge in [-0.25, -0.2) is 13.1 Å². The van der Waals surface area contributed by atoms with Crippen molar-refractivity contribution in [2.24, 2.45) is 11.7 Å². The standard InChI is InChI=1S/C12H20N2O3S/c1-10(7-8-13)9-14-18(15,16)12-5-3-11(17-2)4-6-12/h3-6,10,14H,7-9,13H2,1-2H3. The van der Waals surface area contributed by atoms with Crippen molar-refractivity contribution in [3.05, 3.63) is 24.3 Å². The van der Waals surface area contributed by atoms with E-state index in [4.69, 9.17) is 10.5 Å². The summed E-state index contributed by atoms with van der Waals surface area (Å²) in [6.07, 6.45) is 0.797. The highest BCUT2D eigenvalue weighted by molar-refractivity contribution is 7.89. The molecule has 0 bridgehead atoms. The Labute approximate surface area is 108 Å². The van der Waals surface area contributed by atoms with Gasteiger partial charge in [-0.3, -0.25) is 0 Å². The van der Waals surface area contributed by atoms with Crippen LogP contribution in [-0.2, 0) is 10.0 Å². The smallest absolute Gasteiger partial charge is 0.240 e. The summed E-state index contributed by atoms with van der Waals surface area (Å²) in [4.78, 5) is 0.239. The fourth-order valence-electron chi connectivity index (χ4n) is 1.48. The van der Waals surface area contributed by atoms with Gasteiger partial charge >= 0.3 is 0 Å². The van der Waals surface area contributed by atoms with E-state index in [-0.39, 0.29) is 10.8 Å². The van der Waals surface area contributed by atoms with E-state index < -0.39 is 10.0 Å². The molecular weight excluding hydrogens is 252 g/mol. The van der Waals surface area contributed by atoms with Gasteiger partial charge in [-0.2, -0.15) is 0 Å². The van der Waals surface area contributed by atoms with Gasteiger partial charge < -0.3 is 10.5 Å². The van der Waals surface area contributed by atoms with E-state index in [0.717, 1.165) is 6.42 Å². The summed E-state index contributed by atoms with van der Waals surface area (Å²) in [5.74, 6) is 0.855. The second-order valence-corrected chi connectivity index (χ2v) is 5.98.